The molecular weight excluding hydrogens is 386 g/mol. The van der Waals surface area contributed by atoms with Gasteiger partial charge >= 0.3 is 6.61 Å². The zero-order valence-corrected chi connectivity index (χ0v) is 16.1. The summed E-state index contributed by atoms with van der Waals surface area (Å²) in [4.78, 5) is 14.3. The van der Waals surface area contributed by atoms with E-state index in [1.54, 1.807) is 19.1 Å². The maximum atomic E-state index is 12.8. The third-order valence-electron chi connectivity index (χ3n) is 4.03. The molecule has 0 spiro atoms. The summed E-state index contributed by atoms with van der Waals surface area (Å²) in [7, 11) is 0. The summed E-state index contributed by atoms with van der Waals surface area (Å²) in [5, 5.41) is 3.17. The molecule has 1 heterocycles. The molecule has 2 aromatic rings. The summed E-state index contributed by atoms with van der Waals surface area (Å²) in [5.41, 5.74) is 2.46. The molecule has 2 aromatic carbocycles. The monoisotopic (exact) mass is 404 g/mol. The fourth-order valence-corrected chi connectivity index (χ4v) is 3.10. The maximum absolute atomic E-state index is 12.8. The van der Waals surface area contributed by atoms with E-state index < -0.39 is 6.61 Å². The molecule has 0 bridgehead atoms. The van der Waals surface area contributed by atoms with Gasteiger partial charge in [0, 0.05) is 0 Å². The standard InChI is InChI=1S/C20H18F2N2O3S/c1-3-26-17-11-13(8-9-16(17)27-19(21)22)10-14-18(25)24(20(28)23-14)15-7-5-4-6-12(15)2/h4-11,19H,3H2,1-2H3,(H,23,28)/b14-10+. The van der Waals surface area contributed by atoms with Crippen LogP contribution in [0.1, 0.15) is 18.1 Å². The highest BCUT2D eigenvalue weighted by atomic mass is 32.1. The highest BCUT2D eigenvalue weighted by Gasteiger charge is 2.32. The number of anilines is 1. The first-order valence-corrected chi connectivity index (χ1v) is 8.96. The maximum Gasteiger partial charge on any atom is 0.387 e. The van der Waals surface area contributed by atoms with Crippen molar-refractivity contribution in [2.24, 2.45) is 0 Å². The molecule has 1 saturated heterocycles. The van der Waals surface area contributed by atoms with Gasteiger partial charge in [0.05, 0.1) is 12.3 Å². The Labute approximate surface area is 166 Å². The summed E-state index contributed by atoms with van der Waals surface area (Å²) in [6.07, 6.45) is 1.58. The second kappa shape index (κ2) is 8.35. The largest absolute Gasteiger partial charge is 0.490 e. The van der Waals surface area contributed by atoms with E-state index in [4.69, 9.17) is 17.0 Å². The van der Waals surface area contributed by atoms with Crippen LogP contribution in [0.25, 0.3) is 6.08 Å². The minimum absolute atomic E-state index is 0.0678. The highest BCUT2D eigenvalue weighted by Crippen LogP contribution is 2.31. The Kier molecular flexibility index (Phi) is 5.89. The van der Waals surface area contributed by atoms with Crippen LogP contribution in [0.5, 0.6) is 11.5 Å². The smallest absolute Gasteiger partial charge is 0.387 e. The molecular formula is C20H18F2N2O3S. The Bertz CT molecular complexity index is 947. The van der Waals surface area contributed by atoms with E-state index in [-0.39, 0.29) is 34.8 Å². The lowest BCUT2D eigenvalue weighted by Crippen LogP contribution is -2.30. The van der Waals surface area contributed by atoms with Crippen LogP contribution in [-0.2, 0) is 4.79 Å². The predicted octanol–water partition coefficient (Wildman–Crippen LogP) is 4.26. The van der Waals surface area contributed by atoms with Crippen molar-refractivity contribution >= 4 is 35.0 Å². The van der Waals surface area contributed by atoms with E-state index in [1.165, 1.54) is 17.0 Å². The van der Waals surface area contributed by atoms with Crippen molar-refractivity contribution in [2.45, 2.75) is 20.5 Å². The molecule has 1 N–H and O–H groups in total. The predicted molar refractivity (Wildman–Crippen MR) is 107 cm³/mol. The lowest BCUT2D eigenvalue weighted by molar-refractivity contribution is -0.113. The number of thiocarbonyl (C=S) groups is 1. The van der Waals surface area contributed by atoms with Gasteiger partial charge in [0.2, 0.25) is 0 Å². The molecule has 0 unspecified atom stereocenters. The quantitative estimate of drug-likeness (QED) is 0.576. The van der Waals surface area contributed by atoms with Crippen LogP contribution >= 0.6 is 12.2 Å². The van der Waals surface area contributed by atoms with Gasteiger partial charge in [-0.3, -0.25) is 9.69 Å². The number of benzene rings is 2. The number of hydrogen-bond donors (Lipinski definition) is 1. The fourth-order valence-electron chi connectivity index (χ4n) is 2.81. The summed E-state index contributed by atoms with van der Waals surface area (Å²) >= 11 is 5.31. The number of aryl methyl sites for hydroxylation is 1. The van der Waals surface area contributed by atoms with Gasteiger partial charge in [-0.1, -0.05) is 24.3 Å². The third kappa shape index (κ3) is 4.12. The number of hydrogen-bond acceptors (Lipinski definition) is 4. The van der Waals surface area contributed by atoms with Gasteiger partial charge in [-0.25, -0.2) is 0 Å². The van der Waals surface area contributed by atoms with Crippen molar-refractivity contribution in [3.05, 3.63) is 59.3 Å². The van der Waals surface area contributed by atoms with Crippen LogP contribution in [0.4, 0.5) is 14.5 Å². The second-order valence-electron chi connectivity index (χ2n) is 5.93. The van der Waals surface area contributed by atoms with E-state index >= 15 is 0 Å². The summed E-state index contributed by atoms with van der Waals surface area (Å²) in [5.74, 6) is -0.201. The summed E-state index contributed by atoms with van der Waals surface area (Å²) < 4.78 is 34.9. The third-order valence-corrected chi connectivity index (χ3v) is 4.31. The number of para-hydroxylation sites is 1. The number of nitrogens with zero attached hydrogens (tertiary/aromatic N) is 1. The molecule has 28 heavy (non-hydrogen) atoms. The van der Waals surface area contributed by atoms with E-state index in [9.17, 15) is 13.6 Å². The number of carbonyl (C=O) groups is 1. The zero-order valence-electron chi connectivity index (χ0n) is 15.2. The van der Waals surface area contributed by atoms with Crippen molar-refractivity contribution in [3.63, 3.8) is 0 Å². The lowest BCUT2D eigenvalue weighted by Gasteiger charge is -2.16. The first-order valence-electron chi connectivity index (χ1n) is 8.55. The van der Waals surface area contributed by atoms with Crippen LogP contribution in [0.2, 0.25) is 0 Å². The summed E-state index contributed by atoms with van der Waals surface area (Å²) in [6.45, 7) is 0.949. The van der Waals surface area contributed by atoms with Crippen molar-refractivity contribution in [1.82, 2.24) is 5.32 Å². The number of ether oxygens (including phenoxy) is 2. The van der Waals surface area contributed by atoms with Crippen LogP contribution in [0, 0.1) is 6.92 Å². The minimum atomic E-state index is -2.96. The average molecular weight is 404 g/mol. The molecule has 1 aliphatic rings. The van der Waals surface area contributed by atoms with Crippen molar-refractivity contribution in [3.8, 4) is 11.5 Å². The molecule has 1 amide bonds. The number of amides is 1. The van der Waals surface area contributed by atoms with Gasteiger partial charge in [0.15, 0.2) is 16.6 Å². The molecule has 0 aromatic heterocycles. The summed E-state index contributed by atoms with van der Waals surface area (Å²) in [6, 6.07) is 11.9. The Morgan fingerprint density at radius 3 is 2.64 bits per heavy atom. The Morgan fingerprint density at radius 2 is 1.96 bits per heavy atom. The molecule has 1 fully saturated rings. The molecule has 0 aliphatic carbocycles. The van der Waals surface area contributed by atoms with Gasteiger partial charge in [-0.05, 0) is 61.5 Å². The molecule has 8 heteroatoms. The number of halogens is 2. The van der Waals surface area contributed by atoms with Crippen LogP contribution in [-0.4, -0.2) is 24.2 Å². The van der Waals surface area contributed by atoms with E-state index in [0.717, 1.165) is 5.56 Å². The van der Waals surface area contributed by atoms with Crippen molar-refractivity contribution in [2.75, 3.05) is 11.5 Å². The van der Waals surface area contributed by atoms with Gasteiger partial charge in [-0.2, -0.15) is 8.78 Å². The van der Waals surface area contributed by atoms with Gasteiger partial charge in [-0.15, -0.1) is 0 Å². The average Bonchev–Trinajstić information content (AvgIpc) is 2.91. The second-order valence-corrected chi connectivity index (χ2v) is 6.32. The van der Waals surface area contributed by atoms with Gasteiger partial charge in [0.1, 0.15) is 5.70 Å². The molecule has 0 saturated carbocycles. The van der Waals surface area contributed by atoms with E-state index in [0.29, 0.717) is 11.3 Å². The topological polar surface area (TPSA) is 50.8 Å². The molecule has 146 valence electrons. The van der Waals surface area contributed by atoms with E-state index in [2.05, 4.69) is 10.1 Å². The van der Waals surface area contributed by atoms with Crippen molar-refractivity contribution in [1.29, 1.82) is 0 Å². The molecule has 1 aliphatic heterocycles. The number of alkyl halides is 2. The van der Waals surface area contributed by atoms with E-state index in [1.807, 2.05) is 31.2 Å². The molecule has 3 rings (SSSR count). The Hall–Kier alpha value is -3.00. The number of carbonyl (C=O) groups excluding carboxylic acids is 1. The van der Waals surface area contributed by atoms with Crippen molar-refractivity contribution < 1.29 is 23.0 Å². The molecule has 5 nitrogen and oxygen atoms in total. The molecule has 0 radical (unpaired) electrons. The normalized spacial score (nSPS) is 15.3. The Morgan fingerprint density at radius 1 is 1.21 bits per heavy atom. The zero-order chi connectivity index (χ0) is 20.3. The highest BCUT2D eigenvalue weighted by molar-refractivity contribution is 7.80. The molecule has 0 atom stereocenters. The van der Waals surface area contributed by atoms with Crippen LogP contribution in [0.3, 0.4) is 0 Å². The number of nitrogens with one attached hydrogen (secondary N) is 1. The minimum Gasteiger partial charge on any atom is -0.490 e. The fraction of sp³-hybridized carbons (Fsp3) is 0.200. The first-order chi connectivity index (χ1) is 13.4. The van der Waals surface area contributed by atoms with Gasteiger partial charge < -0.3 is 14.8 Å². The Balaban J connectivity index is 1.91. The first kappa shape index (κ1) is 19.8. The van der Waals surface area contributed by atoms with Crippen LogP contribution < -0.4 is 19.7 Å². The van der Waals surface area contributed by atoms with Gasteiger partial charge in [0.25, 0.3) is 5.91 Å². The number of rotatable bonds is 6. The SMILES string of the molecule is CCOc1cc(/C=C2/NC(=S)N(c3ccccc3C)C2=O)ccc1OC(F)F. The lowest BCUT2D eigenvalue weighted by atomic mass is 10.1. The van der Waals surface area contributed by atoms with Crippen LogP contribution in [0.15, 0.2) is 48.2 Å².